The topological polar surface area (TPSA) is 36.9 Å². The maximum absolute atomic E-state index is 5.56. The van der Waals surface area contributed by atoms with Crippen LogP contribution < -0.4 is 9.47 Å². The average Bonchev–Trinajstić information content (AvgIpc) is 2.92. The van der Waals surface area contributed by atoms with Crippen LogP contribution in [0.3, 0.4) is 0 Å². The fraction of sp³-hybridized carbons (Fsp3) is 0.538. The number of thioether (sulfide) groups is 1. The van der Waals surface area contributed by atoms with E-state index in [-0.39, 0.29) is 6.29 Å². The summed E-state index contributed by atoms with van der Waals surface area (Å²) in [6.45, 7) is 2.71. The van der Waals surface area contributed by atoms with Crippen LogP contribution in [0.15, 0.2) is 23.1 Å². The maximum atomic E-state index is 5.56. The van der Waals surface area contributed by atoms with Crippen molar-refractivity contribution in [3.8, 4) is 11.5 Å². The standard InChI is InChI=1S/C13H16O4S/c1-2-11-12(15-5-4-14-11)9-10(1)18-8-3-13-16-6-7-17-13/h1-2,9,13H,3-8H2. The molecule has 98 valence electrons. The van der Waals surface area contributed by atoms with Gasteiger partial charge in [0.2, 0.25) is 0 Å². The third-order valence-electron chi connectivity index (χ3n) is 2.83. The molecule has 0 aromatic heterocycles. The molecule has 0 N–H and O–H groups in total. The predicted molar refractivity (Wildman–Crippen MR) is 68.5 cm³/mol. The Kier molecular flexibility index (Phi) is 3.93. The van der Waals surface area contributed by atoms with Gasteiger partial charge in [0.15, 0.2) is 17.8 Å². The highest BCUT2D eigenvalue weighted by Gasteiger charge is 2.16. The monoisotopic (exact) mass is 268 g/mol. The summed E-state index contributed by atoms with van der Waals surface area (Å²) in [5.74, 6) is 2.66. The Bertz CT molecular complexity index is 404. The Balaban J connectivity index is 1.52. The Morgan fingerprint density at radius 3 is 2.61 bits per heavy atom. The summed E-state index contributed by atoms with van der Waals surface area (Å²) < 4.78 is 21.8. The van der Waals surface area contributed by atoms with Crippen molar-refractivity contribution >= 4 is 11.8 Å². The molecular formula is C13H16O4S. The number of fused-ring (bicyclic) bond motifs is 1. The molecule has 1 aromatic carbocycles. The SMILES string of the molecule is c1cc2c(cc1SCCC1OCCO1)OCCO2. The molecule has 1 aromatic rings. The summed E-state index contributed by atoms with van der Waals surface area (Å²) >= 11 is 1.78. The first-order valence-corrected chi connectivity index (χ1v) is 7.16. The van der Waals surface area contributed by atoms with E-state index in [0.717, 1.165) is 36.9 Å². The van der Waals surface area contributed by atoms with E-state index in [9.17, 15) is 0 Å². The van der Waals surface area contributed by atoms with Gasteiger partial charge in [0.1, 0.15) is 13.2 Å². The first kappa shape index (κ1) is 12.1. The summed E-state index contributed by atoms with van der Waals surface area (Å²) in [7, 11) is 0. The van der Waals surface area contributed by atoms with Crippen LogP contribution in [0.2, 0.25) is 0 Å². The minimum absolute atomic E-state index is 0.0188. The Hall–Kier alpha value is -0.910. The smallest absolute Gasteiger partial charge is 0.162 e. The van der Waals surface area contributed by atoms with Gasteiger partial charge in [-0.05, 0) is 18.2 Å². The Morgan fingerprint density at radius 1 is 1.00 bits per heavy atom. The molecule has 0 unspecified atom stereocenters. The number of ether oxygens (including phenoxy) is 4. The fourth-order valence-electron chi connectivity index (χ4n) is 1.96. The molecule has 4 nitrogen and oxygen atoms in total. The van der Waals surface area contributed by atoms with Crippen LogP contribution in [0, 0.1) is 0 Å². The highest BCUT2D eigenvalue weighted by atomic mass is 32.2. The number of hydrogen-bond acceptors (Lipinski definition) is 5. The van der Waals surface area contributed by atoms with E-state index in [0.29, 0.717) is 13.2 Å². The van der Waals surface area contributed by atoms with Gasteiger partial charge in [-0.15, -0.1) is 11.8 Å². The lowest BCUT2D eigenvalue weighted by Gasteiger charge is -2.18. The van der Waals surface area contributed by atoms with Crippen LogP contribution in [0.5, 0.6) is 11.5 Å². The van der Waals surface area contributed by atoms with Gasteiger partial charge in [-0.2, -0.15) is 0 Å². The van der Waals surface area contributed by atoms with E-state index in [4.69, 9.17) is 18.9 Å². The number of rotatable bonds is 4. The minimum Gasteiger partial charge on any atom is -0.486 e. The van der Waals surface area contributed by atoms with Crippen LogP contribution in [0.25, 0.3) is 0 Å². The molecule has 0 saturated carbocycles. The van der Waals surface area contributed by atoms with E-state index in [2.05, 4.69) is 6.07 Å². The molecule has 1 saturated heterocycles. The normalized spacial score (nSPS) is 19.1. The number of hydrogen-bond donors (Lipinski definition) is 0. The summed E-state index contributed by atoms with van der Waals surface area (Å²) in [6.07, 6.45) is 0.897. The van der Waals surface area contributed by atoms with Crippen LogP contribution in [-0.2, 0) is 9.47 Å². The van der Waals surface area contributed by atoms with Crippen molar-refractivity contribution in [1.29, 1.82) is 0 Å². The minimum atomic E-state index is -0.0188. The first-order chi connectivity index (χ1) is 8.92. The molecule has 1 fully saturated rings. The lowest BCUT2D eigenvalue weighted by Crippen LogP contribution is -2.15. The lowest BCUT2D eigenvalue weighted by atomic mass is 10.3. The second-order valence-corrected chi connectivity index (χ2v) is 5.28. The summed E-state index contributed by atoms with van der Waals surface area (Å²) in [5.41, 5.74) is 0. The molecule has 0 radical (unpaired) electrons. The first-order valence-electron chi connectivity index (χ1n) is 6.17. The van der Waals surface area contributed by atoms with Crippen LogP contribution >= 0.6 is 11.8 Å². The van der Waals surface area contributed by atoms with Gasteiger partial charge in [-0.3, -0.25) is 0 Å². The summed E-state index contributed by atoms with van der Waals surface area (Å²) in [6, 6.07) is 6.07. The zero-order valence-corrected chi connectivity index (χ0v) is 10.9. The van der Waals surface area contributed by atoms with Crippen LogP contribution in [0.1, 0.15) is 6.42 Å². The fourth-order valence-corrected chi connectivity index (χ4v) is 2.86. The molecule has 2 aliphatic rings. The van der Waals surface area contributed by atoms with Gasteiger partial charge >= 0.3 is 0 Å². The zero-order valence-electron chi connectivity index (χ0n) is 10.1. The van der Waals surface area contributed by atoms with E-state index < -0.39 is 0 Å². The molecule has 0 bridgehead atoms. The van der Waals surface area contributed by atoms with Crippen LogP contribution in [-0.4, -0.2) is 38.5 Å². The third-order valence-corrected chi connectivity index (χ3v) is 3.85. The van der Waals surface area contributed by atoms with Crippen molar-refractivity contribution in [1.82, 2.24) is 0 Å². The van der Waals surface area contributed by atoms with Crippen molar-refractivity contribution in [2.75, 3.05) is 32.2 Å². The molecule has 0 amide bonds. The van der Waals surface area contributed by atoms with E-state index in [1.165, 1.54) is 4.90 Å². The molecule has 18 heavy (non-hydrogen) atoms. The highest BCUT2D eigenvalue weighted by molar-refractivity contribution is 7.99. The summed E-state index contributed by atoms with van der Waals surface area (Å²) in [4.78, 5) is 1.19. The second kappa shape index (κ2) is 5.82. The second-order valence-electron chi connectivity index (χ2n) is 4.11. The van der Waals surface area contributed by atoms with Crippen molar-refractivity contribution in [2.24, 2.45) is 0 Å². The van der Waals surface area contributed by atoms with E-state index >= 15 is 0 Å². The molecule has 0 aliphatic carbocycles. The van der Waals surface area contributed by atoms with Crippen molar-refractivity contribution in [3.05, 3.63) is 18.2 Å². The van der Waals surface area contributed by atoms with Crippen molar-refractivity contribution in [2.45, 2.75) is 17.6 Å². The predicted octanol–water partition coefficient (Wildman–Crippen LogP) is 2.31. The highest BCUT2D eigenvalue weighted by Crippen LogP contribution is 2.34. The van der Waals surface area contributed by atoms with E-state index in [1.54, 1.807) is 11.8 Å². The van der Waals surface area contributed by atoms with Gasteiger partial charge in [0, 0.05) is 17.1 Å². The van der Waals surface area contributed by atoms with E-state index in [1.807, 2.05) is 12.1 Å². The molecule has 2 heterocycles. The van der Waals surface area contributed by atoms with Crippen molar-refractivity contribution < 1.29 is 18.9 Å². The molecule has 3 rings (SSSR count). The molecule has 5 heteroatoms. The van der Waals surface area contributed by atoms with Gasteiger partial charge in [-0.1, -0.05) is 0 Å². The average molecular weight is 268 g/mol. The molecular weight excluding hydrogens is 252 g/mol. The Labute approximate surface area is 111 Å². The van der Waals surface area contributed by atoms with Gasteiger partial charge in [0.25, 0.3) is 0 Å². The number of benzene rings is 1. The van der Waals surface area contributed by atoms with Gasteiger partial charge < -0.3 is 18.9 Å². The van der Waals surface area contributed by atoms with Crippen molar-refractivity contribution in [3.63, 3.8) is 0 Å². The maximum Gasteiger partial charge on any atom is 0.162 e. The molecule has 2 aliphatic heterocycles. The molecule has 0 atom stereocenters. The van der Waals surface area contributed by atoms with Gasteiger partial charge in [0.05, 0.1) is 13.2 Å². The lowest BCUT2D eigenvalue weighted by molar-refractivity contribution is -0.0421. The Morgan fingerprint density at radius 2 is 1.78 bits per heavy atom. The van der Waals surface area contributed by atoms with Crippen LogP contribution in [0.4, 0.5) is 0 Å². The summed E-state index contributed by atoms with van der Waals surface area (Å²) in [5, 5.41) is 0. The molecule has 0 spiro atoms. The third kappa shape index (κ3) is 2.91. The zero-order chi connectivity index (χ0) is 12.2. The largest absolute Gasteiger partial charge is 0.486 e. The quantitative estimate of drug-likeness (QED) is 0.783. The van der Waals surface area contributed by atoms with Gasteiger partial charge in [-0.25, -0.2) is 0 Å².